The molecule has 0 radical (unpaired) electrons. The highest BCUT2D eigenvalue weighted by atomic mass is 19.1. The fourth-order valence-corrected chi connectivity index (χ4v) is 3.26. The molecule has 28 heavy (non-hydrogen) atoms. The predicted octanol–water partition coefficient (Wildman–Crippen LogP) is 3.66. The minimum Gasteiger partial charge on any atom is -0.486 e. The maximum atomic E-state index is 13.3. The smallest absolute Gasteiger partial charge is 0.261 e. The third-order valence-corrected chi connectivity index (χ3v) is 5.00. The molecule has 7 heteroatoms. The number of carbonyl (C=O) groups is 1. The summed E-state index contributed by atoms with van der Waals surface area (Å²) in [5.41, 5.74) is 1.09. The highest BCUT2D eigenvalue weighted by Gasteiger charge is 2.34. The molecule has 5 rings (SSSR count). The van der Waals surface area contributed by atoms with Crippen LogP contribution < -0.4 is 4.74 Å². The van der Waals surface area contributed by atoms with Gasteiger partial charge in [0, 0.05) is 11.5 Å². The Morgan fingerprint density at radius 2 is 1.96 bits per heavy atom. The van der Waals surface area contributed by atoms with E-state index >= 15 is 0 Å². The van der Waals surface area contributed by atoms with Crippen LogP contribution in [-0.4, -0.2) is 40.1 Å². The van der Waals surface area contributed by atoms with E-state index in [1.54, 1.807) is 11.0 Å². The number of rotatable bonds is 5. The maximum Gasteiger partial charge on any atom is 0.261 e. The number of benzene rings is 2. The number of amides is 1. The zero-order valence-electron chi connectivity index (χ0n) is 15.0. The van der Waals surface area contributed by atoms with E-state index in [1.165, 1.54) is 18.2 Å². The Morgan fingerprint density at radius 1 is 1.14 bits per heavy atom. The van der Waals surface area contributed by atoms with Crippen molar-refractivity contribution < 1.29 is 18.4 Å². The molecule has 1 aromatic heterocycles. The monoisotopic (exact) mass is 379 g/mol. The van der Waals surface area contributed by atoms with Gasteiger partial charge in [0.25, 0.3) is 11.8 Å². The minimum absolute atomic E-state index is 0.135. The summed E-state index contributed by atoms with van der Waals surface area (Å²) in [6.45, 7) is 0.891. The molecular formula is C21H18FN3O3. The molecule has 0 N–H and O–H groups in total. The lowest BCUT2D eigenvalue weighted by molar-refractivity contribution is 0.0179. The zero-order chi connectivity index (χ0) is 19.1. The molecule has 2 aliphatic rings. The largest absolute Gasteiger partial charge is 0.486 e. The third kappa shape index (κ3) is 3.24. The number of likely N-dealkylation sites (tertiary alicyclic amines) is 1. The number of hydrogen-bond acceptors (Lipinski definition) is 5. The van der Waals surface area contributed by atoms with Gasteiger partial charge < -0.3 is 14.2 Å². The standard InChI is InChI=1S/C21H18FN3O3/c22-15-5-3-4-14(10-15)21(26)25-11-16(12-25)27-18-7-2-1-6-17(18)20-23-19(24-28-20)13-8-9-13/h1-7,10,13,16H,8-9,11-12H2. The molecule has 3 aromatic rings. The van der Waals surface area contributed by atoms with E-state index in [0.717, 1.165) is 24.2 Å². The topological polar surface area (TPSA) is 68.5 Å². The Bertz CT molecular complexity index is 1020. The molecule has 1 saturated heterocycles. The van der Waals surface area contributed by atoms with Crippen LogP contribution in [0.2, 0.25) is 0 Å². The van der Waals surface area contributed by atoms with E-state index in [4.69, 9.17) is 9.26 Å². The summed E-state index contributed by atoms with van der Waals surface area (Å²) >= 11 is 0. The first-order valence-electron chi connectivity index (χ1n) is 9.32. The average molecular weight is 379 g/mol. The van der Waals surface area contributed by atoms with Crippen molar-refractivity contribution in [1.29, 1.82) is 0 Å². The molecule has 2 aromatic carbocycles. The number of nitrogens with zero attached hydrogens (tertiary/aromatic N) is 3. The van der Waals surface area contributed by atoms with Crippen molar-refractivity contribution in [3.63, 3.8) is 0 Å². The molecule has 6 nitrogen and oxygen atoms in total. The summed E-state index contributed by atoms with van der Waals surface area (Å²) in [4.78, 5) is 18.5. The summed E-state index contributed by atoms with van der Waals surface area (Å²) < 4.78 is 24.8. The highest BCUT2D eigenvalue weighted by Crippen LogP contribution is 2.39. The van der Waals surface area contributed by atoms with Crippen LogP contribution in [0, 0.1) is 5.82 Å². The number of aromatic nitrogens is 2. The van der Waals surface area contributed by atoms with Gasteiger partial charge in [-0.15, -0.1) is 0 Å². The molecule has 0 atom stereocenters. The van der Waals surface area contributed by atoms with E-state index in [0.29, 0.717) is 36.2 Å². The van der Waals surface area contributed by atoms with Crippen LogP contribution in [0.5, 0.6) is 5.75 Å². The third-order valence-electron chi connectivity index (χ3n) is 5.00. The lowest BCUT2D eigenvalue weighted by Gasteiger charge is -2.39. The average Bonchev–Trinajstić information content (AvgIpc) is 3.41. The van der Waals surface area contributed by atoms with Gasteiger partial charge in [-0.2, -0.15) is 4.98 Å². The van der Waals surface area contributed by atoms with Crippen LogP contribution in [0.15, 0.2) is 53.1 Å². The van der Waals surface area contributed by atoms with E-state index in [2.05, 4.69) is 10.1 Å². The van der Waals surface area contributed by atoms with Gasteiger partial charge in [0.15, 0.2) is 5.82 Å². The van der Waals surface area contributed by atoms with Gasteiger partial charge in [0.1, 0.15) is 17.7 Å². The van der Waals surface area contributed by atoms with Crippen molar-refractivity contribution in [2.45, 2.75) is 24.9 Å². The van der Waals surface area contributed by atoms with Gasteiger partial charge in [-0.3, -0.25) is 4.79 Å². The molecule has 2 fully saturated rings. The van der Waals surface area contributed by atoms with Gasteiger partial charge >= 0.3 is 0 Å². The van der Waals surface area contributed by atoms with Gasteiger partial charge in [-0.25, -0.2) is 4.39 Å². The van der Waals surface area contributed by atoms with Crippen LogP contribution in [0.3, 0.4) is 0 Å². The summed E-state index contributed by atoms with van der Waals surface area (Å²) in [6, 6.07) is 13.2. The lowest BCUT2D eigenvalue weighted by atomic mass is 10.1. The van der Waals surface area contributed by atoms with Gasteiger partial charge in [0.05, 0.1) is 18.7 Å². The fraction of sp³-hybridized carbons (Fsp3) is 0.286. The van der Waals surface area contributed by atoms with E-state index in [9.17, 15) is 9.18 Å². The quantitative estimate of drug-likeness (QED) is 0.677. The summed E-state index contributed by atoms with van der Waals surface area (Å²) in [5.74, 6) is 1.65. The van der Waals surface area contributed by atoms with Gasteiger partial charge in [-0.1, -0.05) is 23.4 Å². The first-order chi connectivity index (χ1) is 13.7. The molecule has 1 amide bonds. The Kier molecular flexibility index (Phi) is 4.07. The van der Waals surface area contributed by atoms with Crippen LogP contribution in [0.4, 0.5) is 4.39 Å². The van der Waals surface area contributed by atoms with Gasteiger partial charge in [-0.05, 0) is 43.2 Å². The summed E-state index contributed by atoms with van der Waals surface area (Å²) in [6.07, 6.45) is 2.08. The first kappa shape index (κ1) is 16.9. The van der Waals surface area contributed by atoms with E-state index < -0.39 is 5.82 Å². The number of hydrogen-bond donors (Lipinski definition) is 0. The van der Waals surface area contributed by atoms with Crippen molar-refractivity contribution in [3.8, 4) is 17.2 Å². The van der Waals surface area contributed by atoms with E-state index in [-0.39, 0.29) is 12.0 Å². The van der Waals surface area contributed by atoms with Crippen molar-refractivity contribution in [2.75, 3.05) is 13.1 Å². The molecular weight excluding hydrogens is 361 g/mol. The van der Waals surface area contributed by atoms with Crippen molar-refractivity contribution in [1.82, 2.24) is 15.0 Å². The summed E-state index contributed by atoms with van der Waals surface area (Å²) in [5, 5.41) is 4.06. The fourth-order valence-electron chi connectivity index (χ4n) is 3.26. The molecule has 1 aliphatic carbocycles. The van der Waals surface area contributed by atoms with Crippen molar-refractivity contribution in [2.24, 2.45) is 0 Å². The van der Waals surface area contributed by atoms with Crippen LogP contribution >= 0.6 is 0 Å². The molecule has 1 aliphatic heterocycles. The van der Waals surface area contributed by atoms with E-state index in [1.807, 2.05) is 24.3 Å². The van der Waals surface area contributed by atoms with Crippen molar-refractivity contribution in [3.05, 3.63) is 65.7 Å². The molecule has 0 bridgehead atoms. The number of para-hydroxylation sites is 1. The molecule has 2 heterocycles. The Balaban J connectivity index is 1.26. The molecule has 0 unspecified atom stereocenters. The SMILES string of the molecule is O=C(c1cccc(F)c1)N1CC(Oc2ccccc2-c2nc(C3CC3)no2)C1. The second-order valence-corrected chi connectivity index (χ2v) is 7.19. The second kappa shape index (κ2) is 6.74. The first-order valence-corrected chi connectivity index (χ1v) is 9.32. The zero-order valence-corrected chi connectivity index (χ0v) is 15.0. The maximum absolute atomic E-state index is 13.3. The van der Waals surface area contributed by atoms with Gasteiger partial charge in [0.2, 0.25) is 0 Å². The van der Waals surface area contributed by atoms with Crippen molar-refractivity contribution >= 4 is 5.91 Å². The molecule has 142 valence electrons. The lowest BCUT2D eigenvalue weighted by Crippen LogP contribution is -2.56. The number of halogens is 1. The number of ether oxygens (including phenoxy) is 1. The van der Waals surface area contributed by atoms with Crippen LogP contribution in [-0.2, 0) is 0 Å². The molecule has 0 spiro atoms. The van der Waals surface area contributed by atoms with Crippen LogP contribution in [0.1, 0.15) is 34.9 Å². The molecule has 1 saturated carbocycles. The normalized spacial score (nSPS) is 16.7. The van der Waals surface area contributed by atoms with Crippen LogP contribution in [0.25, 0.3) is 11.5 Å². The second-order valence-electron chi connectivity index (χ2n) is 7.19. The minimum atomic E-state index is -0.418. The Labute approximate surface area is 160 Å². The predicted molar refractivity (Wildman–Crippen MR) is 98.4 cm³/mol. The Hall–Kier alpha value is -3.22. The Morgan fingerprint density at radius 3 is 2.75 bits per heavy atom. The highest BCUT2D eigenvalue weighted by molar-refractivity contribution is 5.94. The summed E-state index contributed by atoms with van der Waals surface area (Å²) in [7, 11) is 0. The number of carbonyl (C=O) groups excluding carboxylic acids is 1.